The van der Waals surface area contributed by atoms with Gasteiger partial charge in [0, 0.05) is 61.4 Å². The van der Waals surface area contributed by atoms with Crippen molar-refractivity contribution in [3.8, 4) is 6.01 Å². The molecule has 45 heavy (non-hydrogen) atoms. The van der Waals surface area contributed by atoms with E-state index in [2.05, 4.69) is 68.7 Å². The fourth-order valence-electron chi connectivity index (χ4n) is 8.89. The van der Waals surface area contributed by atoms with Crippen LogP contribution in [0, 0.1) is 6.92 Å². The zero-order valence-electron chi connectivity index (χ0n) is 26.6. The molecule has 0 aliphatic carbocycles. The predicted octanol–water partition coefficient (Wildman–Crippen LogP) is 4.17. The minimum atomic E-state index is -0.369. The van der Waals surface area contributed by atoms with Crippen LogP contribution in [0.3, 0.4) is 0 Å². The fourth-order valence-corrected chi connectivity index (χ4v) is 8.89. The lowest BCUT2D eigenvalue weighted by Gasteiger charge is -2.38. The second-order valence-electron chi connectivity index (χ2n) is 13.8. The van der Waals surface area contributed by atoms with Crippen molar-refractivity contribution in [1.29, 1.82) is 0 Å². The number of rotatable bonds is 7. The summed E-state index contributed by atoms with van der Waals surface area (Å²) in [7, 11) is 1.60. The second kappa shape index (κ2) is 11.6. The highest BCUT2D eigenvalue weighted by molar-refractivity contribution is 5.97. The van der Waals surface area contributed by atoms with Gasteiger partial charge in [-0.2, -0.15) is 9.97 Å². The number of aryl methyl sites for hydroxylation is 1. The van der Waals surface area contributed by atoms with Crippen molar-refractivity contribution < 1.29 is 14.3 Å². The Morgan fingerprint density at radius 3 is 2.69 bits per heavy atom. The number of hydrogen-bond donors (Lipinski definition) is 2. The number of fused-ring (bicyclic) bond motifs is 5. The van der Waals surface area contributed by atoms with Crippen LogP contribution in [-0.4, -0.2) is 91.1 Å². The number of benzene rings is 2. The van der Waals surface area contributed by atoms with Crippen molar-refractivity contribution in [1.82, 2.24) is 25.5 Å². The average Bonchev–Trinajstić information content (AvgIpc) is 3.74. The van der Waals surface area contributed by atoms with Crippen molar-refractivity contribution in [2.45, 2.75) is 82.1 Å². The Hall–Kier alpha value is -3.63. The van der Waals surface area contributed by atoms with Crippen LogP contribution in [0.2, 0.25) is 0 Å². The summed E-state index contributed by atoms with van der Waals surface area (Å²) in [6.45, 7) is 7.82. The number of ether oxygens (including phenoxy) is 2. The minimum absolute atomic E-state index is 0.0587. The van der Waals surface area contributed by atoms with E-state index in [4.69, 9.17) is 19.4 Å². The molecule has 0 saturated carbocycles. The molecule has 1 aromatic heterocycles. The molecule has 10 heteroatoms. The number of nitrogens with one attached hydrogen (secondary N) is 2. The number of aromatic nitrogens is 2. The van der Waals surface area contributed by atoms with Gasteiger partial charge in [-0.15, -0.1) is 0 Å². The Morgan fingerprint density at radius 1 is 1.04 bits per heavy atom. The van der Waals surface area contributed by atoms with Gasteiger partial charge in [0.1, 0.15) is 19.0 Å². The van der Waals surface area contributed by atoms with E-state index in [0.29, 0.717) is 31.3 Å². The first-order chi connectivity index (χ1) is 22.0. The van der Waals surface area contributed by atoms with Gasteiger partial charge in [0.25, 0.3) is 0 Å². The molecule has 238 valence electrons. The van der Waals surface area contributed by atoms with Crippen LogP contribution in [0.1, 0.15) is 55.3 Å². The summed E-state index contributed by atoms with van der Waals surface area (Å²) in [5.41, 5.74) is 4.88. The molecule has 10 nitrogen and oxygen atoms in total. The van der Waals surface area contributed by atoms with E-state index >= 15 is 0 Å². The normalized spacial score (nSPS) is 27.5. The van der Waals surface area contributed by atoms with Crippen molar-refractivity contribution in [3.05, 3.63) is 53.2 Å². The molecule has 8 rings (SSSR count). The fraction of sp³-hybridized carbons (Fsp3) is 0.571. The van der Waals surface area contributed by atoms with Crippen LogP contribution in [0.15, 0.2) is 36.4 Å². The third kappa shape index (κ3) is 5.25. The molecule has 6 heterocycles. The predicted molar refractivity (Wildman–Crippen MR) is 175 cm³/mol. The molecule has 5 aliphatic heterocycles. The van der Waals surface area contributed by atoms with Gasteiger partial charge in [-0.3, -0.25) is 4.90 Å². The molecule has 0 spiro atoms. The Morgan fingerprint density at radius 2 is 1.87 bits per heavy atom. The standard InChI is InChI=1S/C35H45N7O3/c1-23-6-3-7-24-8-4-9-30(31(23)24)40-17-13-28-29(20-40)38-33(39-32(28)41-18-25-10-11-26(19-41)37-25)45-22-35-14-5-16-42(35)27(12-15-35)21-44-34(43)36-2/h3-4,6-9,25-27,37H,5,10-22H2,1-2H3,(H,36,43)/t25-,26+,27?,35?. The zero-order chi connectivity index (χ0) is 30.5. The molecule has 0 radical (unpaired) electrons. The number of amides is 1. The summed E-state index contributed by atoms with van der Waals surface area (Å²) in [5, 5.41) is 8.95. The van der Waals surface area contributed by atoms with Gasteiger partial charge in [0.15, 0.2) is 0 Å². The molecule has 2 bridgehead atoms. The maximum atomic E-state index is 11.8. The summed E-state index contributed by atoms with van der Waals surface area (Å²) in [6.07, 6.45) is 7.24. The van der Waals surface area contributed by atoms with Crippen molar-refractivity contribution in [2.75, 3.05) is 56.2 Å². The van der Waals surface area contributed by atoms with Crippen molar-refractivity contribution >= 4 is 28.4 Å². The van der Waals surface area contributed by atoms with Crippen molar-refractivity contribution in [3.63, 3.8) is 0 Å². The SMILES string of the molecule is CNC(=O)OCC1CCC2(COc3nc4c(c(N5C[C@H]6CC[C@@H](C5)N6)n3)CCN(c3cccc5cccc(C)c35)C4)CCCN12. The number of anilines is 2. The Balaban J connectivity index is 1.08. The number of carbonyl (C=O) groups excluding carboxylic acids is 1. The molecule has 3 aromatic rings. The minimum Gasteiger partial charge on any atom is -0.461 e. The van der Waals surface area contributed by atoms with Gasteiger partial charge in [0.05, 0.1) is 17.8 Å². The molecule has 4 fully saturated rings. The van der Waals surface area contributed by atoms with E-state index in [0.717, 1.165) is 76.3 Å². The molecule has 1 amide bonds. The molecule has 2 N–H and O–H groups in total. The Bertz CT molecular complexity index is 1580. The highest BCUT2D eigenvalue weighted by atomic mass is 16.5. The molecule has 4 saturated heterocycles. The maximum absolute atomic E-state index is 11.8. The maximum Gasteiger partial charge on any atom is 0.406 e. The zero-order valence-corrected chi connectivity index (χ0v) is 26.6. The first kappa shape index (κ1) is 28.8. The highest BCUT2D eigenvalue weighted by Crippen LogP contribution is 2.43. The smallest absolute Gasteiger partial charge is 0.406 e. The second-order valence-corrected chi connectivity index (χ2v) is 13.8. The number of hydrogen-bond acceptors (Lipinski definition) is 9. The summed E-state index contributed by atoms with van der Waals surface area (Å²) < 4.78 is 12.1. The van der Waals surface area contributed by atoms with Crippen molar-refractivity contribution in [2.24, 2.45) is 0 Å². The molecule has 2 aromatic carbocycles. The van der Waals surface area contributed by atoms with Gasteiger partial charge in [0.2, 0.25) is 0 Å². The van der Waals surface area contributed by atoms with Crippen LogP contribution in [0.4, 0.5) is 16.3 Å². The summed E-state index contributed by atoms with van der Waals surface area (Å²) in [5.74, 6) is 1.08. The molecule has 4 atom stereocenters. The van der Waals surface area contributed by atoms with Gasteiger partial charge >= 0.3 is 12.1 Å². The van der Waals surface area contributed by atoms with Crippen LogP contribution in [0.25, 0.3) is 10.8 Å². The van der Waals surface area contributed by atoms with Crippen LogP contribution < -0.4 is 25.2 Å². The highest BCUT2D eigenvalue weighted by Gasteiger charge is 2.50. The van der Waals surface area contributed by atoms with E-state index < -0.39 is 0 Å². The van der Waals surface area contributed by atoms with E-state index in [1.807, 2.05) is 0 Å². The lowest BCUT2D eigenvalue weighted by atomic mass is 9.95. The summed E-state index contributed by atoms with van der Waals surface area (Å²) in [6, 6.07) is 15.0. The number of carbonyl (C=O) groups is 1. The van der Waals surface area contributed by atoms with E-state index in [9.17, 15) is 4.79 Å². The van der Waals surface area contributed by atoms with Gasteiger partial charge in [-0.25, -0.2) is 4.79 Å². The van der Waals surface area contributed by atoms with E-state index in [1.165, 1.54) is 40.4 Å². The van der Waals surface area contributed by atoms with Crippen LogP contribution in [0.5, 0.6) is 6.01 Å². The van der Waals surface area contributed by atoms with E-state index in [-0.39, 0.29) is 17.7 Å². The van der Waals surface area contributed by atoms with Gasteiger partial charge < -0.3 is 29.9 Å². The van der Waals surface area contributed by atoms with Crippen LogP contribution in [-0.2, 0) is 17.7 Å². The van der Waals surface area contributed by atoms with Crippen LogP contribution >= 0.6 is 0 Å². The number of piperazine rings is 1. The van der Waals surface area contributed by atoms with Gasteiger partial charge in [-0.1, -0.05) is 30.3 Å². The number of nitrogens with zero attached hydrogens (tertiary/aromatic N) is 5. The van der Waals surface area contributed by atoms with Gasteiger partial charge in [-0.05, 0) is 75.4 Å². The quantitative estimate of drug-likeness (QED) is 0.408. The first-order valence-corrected chi connectivity index (χ1v) is 16.9. The monoisotopic (exact) mass is 611 g/mol. The lowest BCUT2D eigenvalue weighted by molar-refractivity contribution is 0.0554. The average molecular weight is 612 g/mol. The molecular weight excluding hydrogens is 566 g/mol. The third-order valence-corrected chi connectivity index (χ3v) is 11.1. The Kier molecular flexibility index (Phi) is 7.44. The van der Waals surface area contributed by atoms with E-state index in [1.54, 1.807) is 7.05 Å². The Labute approximate surface area is 265 Å². The molecule has 5 aliphatic rings. The third-order valence-electron chi connectivity index (χ3n) is 11.1. The largest absolute Gasteiger partial charge is 0.461 e. The topological polar surface area (TPSA) is 95.1 Å². The molecule has 2 unspecified atom stereocenters. The lowest BCUT2D eigenvalue weighted by Crippen LogP contribution is -2.52. The summed E-state index contributed by atoms with van der Waals surface area (Å²) in [4.78, 5) is 29.6. The summed E-state index contributed by atoms with van der Waals surface area (Å²) >= 11 is 0. The molecular formula is C35H45N7O3. The number of alkyl carbamates (subject to hydrolysis) is 1. The first-order valence-electron chi connectivity index (χ1n) is 16.9.